The number of carbonyl (C=O) groups is 1. The molecule has 0 bridgehead atoms. The summed E-state index contributed by atoms with van der Waals surface area (Å²) in [5.41, 5.74) is 1.34. The normalized spacial score (nSPS) is 19.3. The first-order valence-corrected chi connectivity index (χ1v) is 9.13. The van der Waals surface area contributed by atoms with E-state index in [4.69, 9.17) is 0 Å². The number of likely N-dealkylation sites (N-methyl/N-ethyl adjacent to an activating group) is 1. The van der Waals surface area contributed by atoms with E-state index in [0.717, 1.165) is 31.2 Å². The Morgan fingerprint density at radius 2 is 2.12 bits per heavy atom. The Bertz CT molecular complexity index is 673. The Balaban J connectivity index is 1.57. The van der Waals surface area contributed by atoms with Gasteiger partial charge in [0, 0.05) is 38.8 Å². The molecule has 1 amide bonds. The standard InChI is InChI=1S/C18H24N4OS/c1-14-20-12-17(24-14)18(23)19-8-9-22-11-10-21(2)13-16(22)15-6-4-3-5-7-15/h3-7,12,16H,8-11,13H2,1-2H3,(H,19,23)/t16-/m1/s1. The number of aromatic nitrogens is 1. The quantitative estimate of drug-likeness (QED) is 0.903. The highest BCUT2D eigenvalue weighted by atomic mass is 32.1. The molecule has 5 nitrogen and oxygen atoms in total. The van der Waals surface area contributed by atoms with E-state index in [1.54, 1.807) is 6.20 Å². The van der Waals surface area contributed by atoms with E-state index in [-0.39, 0.29) is 5.91 Å². The molecule has 2 aromatic rings. The zero-order chi connectivity index (χ0) is 16.9. The van der Waals surface area contributed by atoms with E-state index < -0.39 is 0 Å². The number of amides is 1. The Morgan fingerprint density at radius 3 is 2.83 bits per heavy atom. The van der Waals surface area contributed by atoms with Crippen LogP contribution in [0.5, 0.6) is 0 Å². The summed E-state index contributed by atoms with van der Waals surface area (Å²) in [6, 6.07) is 11.0. The van der Waals surface area contributed by atoms with Crippen LogP contribution in [0.1, 0.15) is 26.3 Å². The third-order valence-corrected chi connectivity index (χ3v) is 5.32. The number of nitrogens with zero attached hydrogens (tertiary/aromatic N) is 3. The number of carbonyl (C=O) groups excluding carboxylic acids is 1. The molecule has 3 rings (SSSR count). The van der Waals surface area contributed by atoms with Crippen LogP contribution in [0.15, 0.2) is 36.5 Å². The highest BCUT2D eigenvalue weighted by Gasteiger charge is 2.26. The van der Waals surface area contributed by atoms with Crippen LogP contribution in [0.2, 0.25) is 0 Å². The lowest BCUT2D eigenvalue weighted by Gasteiger charge is -2.40. The second kappa shape index (κ2) is 7.88. The third-order valence-electron chi connectivity index (χ3n) is 4.41. The molecule has 1 aliphatic heterocycles. The van der Waals surface area contributed by atoms with Crippen LogP contribution in [0.3, 0.4) is 0 Å². The molecule has 6 heteroatoms. The zero-order valence-corrected chi connectivity index (χ0v) is 15.1. The van der Waals surface area contributed by atoms with Crippen LogP contribution in [0.4, 0.5) is 0 Å². The molecular formula is C18H24N4OS. The number of nitrogens with one attached hydrogen (secondary N) is 1. The molecule has 1 aliphatic rings. The largest absolute Gasteiger partial charge is 0.350 e. The molecule has 128 valence electrons. The summed E-state index contributed by atoms with van der Waals surface area (Å²) < 4.78 is 0. The van der Waals surface area contributed by atoms with Crippen molar-refractivity contribution in [1.82, 2.24) is 20.1 Å². The van der Waals surface area contributed by atoms with Gasteiger partial charge in [0.1, 0.15) is 4.88 Å². The highest BCUT2D eigenvalue weighted by molar-refractivity contribution is 7.13. The first kappa shape index (κ1) is 17.1. The smallest absolute Gasteiger partial charge is 0.263 e. The number of piperazine rings is 1. The second-order valence-electron chi connectivity index (χ2n) is 6.22. The fourth-order valence-corrected chi connectivity index (χ4v) is 3.78. The molecule has 1 atom stereocenters. The summed E-state index contributed by atoms with van der Waals surface area (Å²) >= 11 is 1.44. The number of aryl methyl sites for hydroxylation is 1. The molecule has 0 aliphatic carbocycles. The van der Waals surface area contributed by atoms with Gasteiger partial charge in [-0.25, -0.2) is 4.98 Å². The molecule has 1 fully saturated rings. The number of hydrogen-bond donors (Lipinski definition) is 1. The van der Waals surface area contributed by atoms with Gasteiger partial charge in [-0.05, 0) is 19.5 Å². The summed E-state index contributed by atoms with van der Waals surface area (Å²) in [4.78, 5) is 21.8. The van der Waals surface area contributed by atoms with Gasteiger partial charge in [-0.3, -0.25) is 9.69 Å². The van der Waals surface area contributed by atoms with E-state index in [1.165, 1.54) is 16.9 Å². The maximum atomic E-state index is 12.1. The lowest BCUT2D eigenvalue weighted by atomic mass is 10.0. The Morgan fingerprint density at radius 1 is 1.33 bits per heavy atom. The minimum Gasteiger partial charge on any atom is -0.350 e. The van der Waals surface area contributed by atoms with E-state index in [0.29, 0.717) is 17.5 Å². The average Bonchev–Trinajstić information content (AvgIpc) is 3.03. The average molecular weight is 344 g/mol. The van der Waals surface area contributed by atoms with E-state index in [1.807, 2.05) is 6.92 Å². The maximum Gasteiger partial charge on any atom is 0.263 e. The van der Waals surface area contributed by atoms with Gasteiger partial charge in [-0.1, -0.05) is 30.3 Å². The number of rotatable bonds is 5. The first-order chi connectivity index (χ1) is 11.6. The number of thiazole rings is 1. The third kappa shape index (κ3) is 4.20. The predicted molar refractivity (Wildman–Crippen MR) is 97.4 cm³/mol. The molecular weight excluding hydrogens is 320 g/mol. The molecule has 2 heterocycles. The Labute approximate surface area is 147 Å². The van der Waals surface area contributed by atoms with Crippen molar-refractivity contribution in [1.29, 1.82) is 0 Å². The van der Waals surface area contributed by atoms with Gasteiger partial charge >= 0.3 is 0 Å². The van der Waals surface area contributed by atoms with Crippen LogP contribution in [-0.2, 0) is 0 Å². The zero-order valence-electron chi connectivity index (χ0n) is 14.2. The van der Waals surface area contributed by atoms with Gasteiger partial charge in [-0.2, -0.15) is 0 Å². The number of hydrogen-bond acceptors (Lipinski definition) is 5. The van der Waals surface area contributed by atoms with Crippen LogP contribution in [0, 0.1) is 6.92 Å². The predicted octanol–water partition coefficient (Wildman–Crippen LogP) is 2.17. The minimum absolute atomic E-state index is 0.0222. The lowest BCUT2D eigenvalue weighted by molar-refractivity contribution is 0.0845. The summed E-state index contributed by atoms with van der Waals surface area (Å²) in [5.74, 6) is -0.0222. The molecule has 1 saturated heterocycles. The van der Waals surface area contributed by atoms with E-state index in [9.17, 15) is 4.79 Å². The second-order valence-corrected chi connectivity index (χ2v) is 7.46. The molecule has 1 aromatic carbocycles. The molecule has 0 radical (unpaired) electrons. The van der Waals surface area contributed by atoms with Crippen molar-refractivity contribution in [2.45, 2.75) is 13.0 Å². The monoisotopic (exact) mass is 344 g/mol. The SMILES string of the molecule is Cc1ncc(C(=O)NCCN2CCN(C)C[C@@H]2c2ccccc2)s1. The van der Waals surface area contributed by atoms with Crippen molar-refractivity contribution in [3.05, 3.63) is 52.0 Å². The fourth-order valence-electron chi connectivity index (χ4n) is 3.08. The minimum atomic E-state index is -0.0222. The Kier molecular flexibility index (Phi) is 5.60. The van der Waals surface area contributed by atoms with Gasteiger partial charge in [0.15, 0.2) is 0 Å². The Hall–Kier alpha value is -1.76. The molecule has 0 unspecified atom stereocenters. The van der Waals surface area contributed by atoms with Crippen molar-refractivity contribution < 1.29 is 4.79 Å². The van der Waals surface area contributed by atoms with Crippen molar-refractivity contribution in [2.75, 3.05) is 39.8 Å². The molecule has 24 heavy (non-hydrogen) atoms. The maximum absolute atomic E-state index is 12.1. The fraction of sp³-hybridized carbons (Fsp3) is 0.444. The number of benzene rings is 1. The van der Waals surface area contributed by atoms with Gasteiger partial charge < -0.3 is 10.2 Å². The summed E-state index contributed by atoms with van der Waals surface area (Å²) in [5, 5.41) is 3.94. The molecule has 0 spiro atoms. The van der Waals surface area contributed by atoms with Gasteiger partial charge in [0.2, 0.25) is 0 Å². The van der Waals surface area contributed by atoms with Gasteiger partial charge in [0.05, 0.1) is 11.2 Å². The summed E-state index contributed by atoms with van der Waals surface area (Å²) in [6.45, 7) is 6.53. The van der Waals surface area contributed by atoms with Gasteiger partial charge in [-0.15, -0.1) is 11.3 Å². The van der Waals surface area contributed by atoms with E-state index >= 15 is 0 Å². The lowest BCUT2D eigenvalue weighted by Crippen LogP contribution is -2.48. The van der Waals surface area contributed by atoms with Crippen molar-refractivity contribution in [2.24, 2.45) is 0 Å². The van der Waals surface area contributed by atoms with Crippen molar-refractivity contribution >= 4 is 17.2 Å². The molecule has 1 aromatic heterocycles. The van der Waals surface area contributed by atoms with Crippen molar-refractivity contribution in [3.63, 3.8) is 0 Å². The van der Waals surface area contributed by atoms with Crippen LogP contribution >= 0.6 is 11.3 Å². The molecule has 1 N–H and O–H groups in total. The van der Waals surface area contributed by atoms with Crippen LogP contribution in [-0.4, -0.2) is 60.5 Å². The highest BCUT2D eigenvalue weighted by Crippen LogP contribution is 2.24. The molecule has 0 saturated carbocycles. The summed E-state index contributed by atoms with van der Waals surface area (Å²) in [6.07, 6.45) is 1.65. The topological polar surface area (TPSA) is 48.5 Å². The van der Waals surface area contributed by atoms with Crippen molar-refractivity contribution in [3.8, 4) is 0 Å². The van der Waals surface area contributed by atoms with Crippen LogP contribution < -0.4 is 5.32 Å². The van der Waals surface area contributed by atoms with Gasteiger partial charge in [0.25, 0.3) is 5.91 Å². The first-order valence-electron chi connectivity index (χ1n) is 8.31. The van der Waals surface area contributed by atoms with E-state index in [2.05, 4.69) is 57.5 Å². The van der Waals surface area contributed by atoms with Crippen LogP contribution in [0.25, 0.3) is 0 Å². The summed E-state index contributed by atoms with van der Waals surface area (Å²) in [7, 11) is 2.17.